The molecule has 1 aliphatic heterocycles. The molecule has 0 fully saturated rings. The standard InChI is InChI=1S/C19H20BrNO4/c1-23-16-10-13(11-17(24-2)18(16)25-3)19(22)21-8-4-5-12-9-14(20)6-7-15(12)21/h6-7,9-11H,4-5,8H2,1-3H3. The number of rotatable bonds is 4. The third-order valence-electron chi connectivity index (χ3n) is 4.32. The highest BCUT2D eigenvalue weighted by atomic mass is 79.9. The van der Waals surface area contributed by atoms with Crippen LogP contribution in [-0.4, -0.2) is 33.8 Å². The highest BCUT2D eigenvalue weighted by Crippen LogP contribution is 2.39. The summed E-state index contributed by atoms with van der Waals surface area (Å²) in [6.45, 7) is 0.685. The monoisotopic (exact) mass is 405 g/mol. The van der Waals surface area contributed by atoms with E-state index in [1.165, 1.54) is 5.56 Å². The predicted octanol–water partition coefficient (Wildman–Crippen LogP) is 4.07. The van der Waals surface area contributed by atoms with E-state index in [1.54, 1.807) is 33.5 Å². The van der Waals surface area contributed by atoms with Gasteiger partial charge in [0.05, 0.1) is 21.3 Å². The zero-order chi connectivity index (χ0) is 18.0. The summed E-state index contributed by atoms with van der Waals surface area (Å²) in [6, 6.07) is 9.39. The molecule has 1 heterocycles. The first-order chi connectivity index (χ1) is 12.1. The molecule has 0 spiro atoms. The Bertz CT molecular complexity index is 781. The highest BCUT2D eigenvalue weighted by Gasteiger charge is 2.26. The summed E-state index contributed by atoms with van der Waals surface area (Å²) in [5.74, 6) is 1.34. The summed E-state index contributed by atoms with van der Waals surface area (Å²) in [7, 11) is 4.62. The van der Waals surface area contributed by atoms with Gasteiger partial charge < -0.3 is 19.1 Å². The molecule has 0 radical (unpaired) electrons. The van der Waals surface area contributed by atoms with Gasteiger partial charge in [0.15, 0.2) is 11.5 Å². The third kappa shape index (κ3) is 3.31. The van der Waals surface area contributed by atoms with Crippen molar-refractivity contribution in [2.75, 3.05) is 32.8 Å². The lowest BCUT2D eigenvalue weighted by Crippen LogP contribution is -2.35. The van der Waals surface area contributed by atoms with E-state index < -0.39 is 0 Å². The Balaban J connectivity index is 2.02. The Morgan fingerprint density at radius 2 is 1.72 bits per heavy atom. The number of hydrogen-bond donors (Lipinski definition) is 0. The first-order valence-corrected chi connectivity index (χ1v) is 8.78. The first kappa shape index (κ1) is 17.6. The van der Waals surface area contributed by atoms with Crippen LogP contribution in [0.1, 0.15) is 22.3 Å². The van der Waals surface area contributed by atoms with E-state index in [0.717, 1.165) is 23.0 Å². The van der Waals surface area contributed by atoms with Crippen LogP contribution in [0.25, 0.3) is 0 Å². The number of carbonyl (C=O) groups excluding carboxylic acids is 1. The number of hydrogen-bond acceptors (Lipinski definition) is 4. The molecular weight excluding hydrogens is 386 g/mol. The third-order valence-corrected chi connectivity index (χ3v) is 4.81. The zero-order valence-electron chi connectivity index (χ0n) is 14.5. The summed E-state index contributed by atoms with van der Waals surface area (Å²) in [4.78, 5) is 15.0. The largest absolute Gasteiger partial charge is 0.493 e. The molecule has 0 unspecified atom stereocenters. The summed E-state index contributed by atoms with van der Waals surface area (Å²) >= 11 is 3.50. The fraction of sp³-hybridized carbons (Fsp3) is 0.316. The Morgan fingerprint density at radius 1 is 1.04 bits per heavy atom. The van der Waals surface area contributed by atoms with Gasteiger partial charge in [0.25, 0.3) is 5.91 Å². The Labute approximate surface area is 155 Å². The molecule has 2 aromatic carbocycles. The van der Waals surface area contributed by atoms with Gasteiger partial charge in [-0.05, 0) is 48.7 Å². The van der Waals surface area contributed by atoms with E-state index in [4.69, 9.17) is 14.2 Å². The lowest BCUT2D eigenvalue weighted by molar-refractivity contribution is 0.0984. The minimum absolute atomic E-state index is 0.0810. The molecule has 25 heavy (non-hydrogen) atoms. The molecule has 0 atom stereocenters. The minimum atomic E-state index is -0.0810. The number of methoxy groups -OCH3 is 3. The van der Waals surface area contributed by atoms with Gasteiger partial charge in [0.1, 0.15) is 0 Å². The average molecular weight is 406 g/mol. The van der Waals surface area contributed by atoms with E-state index >= 15 is 0 Å². The van der Waals surface area contributed by atoms with Crippen molar-refractivity contribution in [2.45, 2.75) is 12.8 Å². The molecule has 2 aromatic rings. The maximum Gasteiger partial charge on any atom is 0.258 e. The van der Waals surface area contributed by atoms with E-state index in [-0.39, 0.29) is 5.91 Å². The SMILES string of the molecule is COc1cc(C(=O)N2CCCc3cc(Br)ccc32)cc(OC)c1OC. The number of amides is 1. The smallest absolute Gasteiger partial charge is 0.258 e. The molecular formula is C19H20BrNO4. The molecule has 0 saturated heterocycles. The van der Waals surface area contributed by atoms with E-state index in [0.29, 0.717) is 29.4 Å². The molecule has 0 aliphatic carbocycles. The van der Waals surface area contributed by atoms with Crippen LogP contribution in [0.3, 0.4) is 0 Å². The average Bonchev–Trinajstić information content (AvgIpc) is 2.65. The normalized spacial score (nSPS) is 13.2. The number of aryl methyl sites for hydroxylation is 1. The van der Waals surface area contributed by atoms with Crippen LogP contribution in [0.15, 0.2) is 34.8 Å². The Kier molecular flexibility index (Phi) is 5.18. The molecule has 3 rings (SSSR count). The van der Waals surface area contributed by atoms with Crippen molar-refractivity contribution in [2.24, 2.45) is 0 Å². The lowest BCUT2D eigenvalue weighted by Gasteiger charge is -2.30. The van der Waals surface area contributed by atoms with Crippen molar-refractivity contribution in [3.05, 3.63) is 45.9 Å². The zero-order valence-corrected chi connectivity index (χ0v) is 16.1. The summed E-state index contributed by atoms with van der Waals surface area (Å²) < 4.78 is 17.1. The second kappa shape index (κ2) is 7.35. The maximum absolute atomic E-state index is 13.1. The van der Waals surface area contributed by atoms with E-state index in [9.17, 15) is 4.79 Å². The predicted molar refractivity (Wildman–Crippen MR) is 100 cm³/mol. The number of anilines is 1. The second-order valence-corrected chi connectivity index (χ2v) is 6.66. The summed E-state index contributed by atoms with van der Waals surface area (Å²) in [6.07, 6.45) is 1.90. The van der Waals surface area contributed by atoms with Gasteiger partial charge in [-0.2, -0.15) is 0 Å². The molecule has 0 bridgehead atoms. The number of ether oxygens (including phenoxy) is 3. The first-order valence-electron chi connectivity index (χ1n) is 7.99. The van der Waals surface area contributed by atoms with Crippen molar-refractivity contribution < 1.29 is 19.0 Å². The van der Waals surface area contributed by atoms with Crippen LogP contribution in [0, 0.1) is 0 Å². The molecule has 0 aromatic heterocycles. The van der Waals surface area contributed by atoms with Gasteiger partial charge in [-0.3, -0.25) is 4.79 Å². The molecule has 6 heteroatoms. The van der Waals surface area contributed by atoms with Crippen molar-refractivity contribution in [3.63, 3.8) is 0 Å². The van der Waals surface area contributed by atoms with Crippen LogP contribution in [-0.2, 0) is 6.42 Å². The molecule has 132 valence electrons. The number of benzene rings is 2. The van der Waals surface area contributed by atoms with Crippen molar-refractivity contribution in [1.29, 1.82) is 0 Å². The highest BCUT2D eigenvalue weighted by molar-refractivity contribution is 9.10. The van der Waals surface area contributed by atoms with Gasteiger partial charge in [0, 0.05) is 22.3 Å². The van der Waals surface area contributed by atoms with E-state index in [1.807, 2.05) is 17.0 Å². The maximum atomic E-state index is 13.1. The van der Waals surface area contributed by atoms with Crippen LogP contribution in [0.2, 0.25) is 0 Å². The Morgan fingerprint density at radius 3 is 2.32 bits per heavy atom. The van der Waals surface area contributed by atoms with Crippen LogP contribution < -0.4 is 19.1 Å². The minimum Gasteiger partial charge on any atom is -0.493 e. The van der Waals surface area contributed by atoms with Gasteiger partial charge in [-0.15, -0.1) is 0 Å². The fourth-order valence-corrected chi connectivity index (χ4v) is 3.55. The van der Waals surface area contributed by atoms with Gasteiger partial charge in [-0.1, -0.05) is 15.9 Å². The van der Waals surface area contributed by atoms with Crippen LogP contribution in [0.5, 0.6) is 17.2 Å². The lowest BCUT2D eigenvalue weighted by atomic mass is 10.0. The van der Waals surface area contributed by atoms with Crippen LogP contribution >= 0.6 is 15.9 Å². The van der Waals surface area contributed by atoms with Gasteiger partial charge in [-0.25, -0.2) is 0 Å². The number of carbonyl (C=O) groups is 1. The van der Waals surface area contributed by atoms with Gasteiger partial charge in [0.2, 0.25) is 5.75 Å². The molecule has 0 N–H and O–H groups in total. The van der Waals surface area contributed by atoms with E-state index in [2.05, 4.69) is 22.0 Å². The van der Waals surface area contributed by atoms with Crippen LogP contribution in [0.4, 0.5) is 5.69 Å². The molecule has 1 amide bonds. The summed E-state index contributed by atoms with van der Waals surface area (Å²) in [5, 5.41) is 0. The van der Waals surface area contributed by atoms with Crippen molar-refractivity contribution in [3.8, 4) is 17.2 Å². The Hall–Kier alpha value is -2.21. The topological polar surface area (TPSA) is 48.0 Å². The van der Waals surface area contributed by atoms with Crippen molar-refractivity contribution in [1.82, 2.24) is 0 Å². The quantitative estimate of drug-likeness (QED) is 0.768. The van der Waals surface area contributed by atoms with Gasteiger partial charge >= 0.3 is 0 Å². The molecule has 1 aliphatic rings. The summed E-state index contributed by atoms with van der Waals surface area (Å²) in [5.41, 5.74) is 2.62. The molecule has 5 nitrogen and oxygen atoms in total. The molecule has 0 saturated carbocycles. The van der Waals surface area contributed by atoms with Crippen molar-refractivity contribution >= 4 is 27.5 Å². The number of fused-ring (bicyclic) bond motifs is 1. The second-order valence-electron chi connectivity index (χ2n) is 5.75. The number of nitrogens with zero attached hydrogens (tertiary/aromatic N) is 1. The fourth-order valence-electron chi connectivity index (χ4n) is 3.14. The number of halogens is 1.